The predicted octanol–water partition coefficient (Wildman–Crippen LogP) is 4.28. The molecule has 0 radical (unpaired) electrons. The number of aromatic nitrogens is 1. The van der Waals surface area contributed by atoms with Gasteiger partial charge in [0.1, 0.15) is 16.9 Å². The first kappa shape index (κ1) is 22.4. The van der Waals surface area contributed by atoms with Gasteiger partial charge < -0.3 is 5.32 Å². The van der Waals surface area contributed by atoms with E-state index in [0.29, 0.717) is 12.1 Å². The van der Waals surface area contributed by atoms with Crippen LogP contribution in [-0.2, 0) is 16.0 Å². The SMILES string of the molecule is CC.CN1C(C(=O)Nc2ccc(F)c(Cl)c2)CC(c2ncc(Br)s2)NS1=O. The van der Waals surface area contributed by atoms with Crippen molar-refractivity contribution in [3.8, 4) is 0 Å². The molecular weight excluding hydrogens is 479 g/mol. The first-order valence-corrected chi connectivity index (χ1v) is 11.2. The maximum absolute atomic E-state index is 13.2. The first-order valence-electron chi connectivity index (χ1n) is 8.13. The van der Waals surface area contributed by atoms with Crippen molar-refractivity contribution in [3.63, 3.8) is 0 Å². The zero-order chi connectivity index (χ0) is 20.1. The highest BCUT2D eigenvalue weighted by atomic mass is 79.9. The second-order valence-corrected chi connectivity index (χ2v) is 9.50. The molecule has 3 unspecified atom stereocenters. The Labute approximate surface area is 177 Å². The number of benzene rings is 1. The largest absolute Gasteiger partial charge is 0.325 e. The fourth-order valence-electron chi connectivity index (χ4n) is 2.39. The third kappa shape index (κ3) is 5.55. The van der Waals surface area contributed by atoms with E-state index >= 15 is 0 Å². The van der Waals surface area contributed by atoms with E-state index in [1.54, 1.807) is 13.2 Å². The van der Waals surface area contributed by atoms with Crippen LogP contribution in [0.4, 0.5) is 10.1 Å². The van der Waals surface area contributed by atoms with Crippen molar-refractivity contribution in [2.24, 2.45) is 0 Å². The average molecular weight is 498 g/mol. The van der Waals surface area contributed by atoms with Gasteiger partial charge in [-0.3, -0.25) is 4.79 Å². The number of amides is 1. The molecule has 0 aliphatic carbocycles. The molecule has 0 saturated carbocycles. The molecule has 3 atom stereocenters. The van der Waals surface area contributed by atoms with E-state index in [-0.39, 0.29) is 17.0 Å². The second-order valence-electron chi connectivity index (χ2n) is 5.34. The Hall–Kier alpha value is -0.910. The number of nitrogens with zero attached hydrogens (tertiary/aromatic N) is 2. The van der Waals surface area contributed by atoms with Crippen molar-refractivity contribution in [2.75, 3.05) is 12.4 Å². The number of carbonyl (C=O) groups is 1. The van der Waals surface area contributed by atoms with Crippen molar-refractivity contribution in [1.82, 2.24) is 14.0 Å². The average Bonchev–Trinajstić information content (AvgIpc) is 3.08. The molecule has 1 aliphatic rings. The van der Waals surface area contributed by atoms with Gasteiger partial charge in [0.25, 0.3) is 0 Å². The summed E-state index contributed by atoms with van der Waals surface area (Å²) in [5.41, 5.74) is 0.377. The molecule has 2 heterocycles. The van der Waals surface area contributed by atoms with Gasteiger partial charge in [0.05, 0.1) is 21.0 Å². The number of likely N-dealkylation sites (N-methyl/N-ethyl adjacent to an activating group) is 1. The minimum absolute atomic E-state index is 0.0782. The summed E-state index contributed by atoms with van der Waals surface area (Å²) >= 11 is 8.96. The summed E-state index contributed by atoms with van der Waals surface area (Å²) in [4.78, 5) is 16.9. The van der Waals surface area contributed by atoms with Gasteiger partial charge in [-0.15, -0.1) is 11.3 Å². The number of nitrogens with one attached hydrogen (secondary N) is 2. The predicted molar refractivity (Wildman–Crippen MR) is 111 cm³/mol. The van der Waals surface area contributed by atoms with E-state index in [1.165, 1.54) is 33.8 Å². The van der Waals surface area contributed by atoms with E-state index in [9.17, 15) is 13.4 Å². The highest BCUT2D eigenvalue weighted by Gasteiger charge is 2.37. The monoisotopic (exact) mass is 496 g/mol. The van der Waals surface area contributed by atoms with Crippen LogP contribution in [0.2, 0.25) is 5.02 Å². The summed E-state index contributed by atoms with van der Waals surface area (Å²) in [5, 5.41) is 3.36. The number of carbonyl (C=O) groups excluding carboxylic acids is 1. The zero-order valence-electron chi connectivity index (χ0n) is 14.8. The van der Waals surface area contributed by atoms with E-state index in [2.05, 4.69) is 31.0 Å². The molecule has 1 amide bonds. The van der Waals surface area contributed by atoms with Crippen LogP contribution < -0.4 is 10.0 Å². The Morgan fingerprint density at radius 2 is 2.22 bits per heavy atom. The summed E-state index contributed by atoms with van der Waals surface area (Å²) < 4.78 is 30.8. The summed E-state index contributed by atoms with van der Waals surface area (Å²) in [6.07, 6.45) is 2.06. The van der Waals surface area contributed by atoms with Crippen molar-refractivity contribution < 1.29 is 13.4 Å². The molecule has 0 bridgehead atoms. The Morgan fingerprint density at radius 1 is 1.52 bits per heavy atom. The Morgan fingerprint density at radius 3 is 2.81 bits per heavy atom. The van der Waals surface area contributed by atoms with Gasteiger partial charge in [-0.1, -0.05) is 25.4 Å². The third-order valence-corrected chi connectivity index (χ3v) is 6.83. The summed E-state index contributed by atoms with van der Waals surface area (Å²) in [7, 11) is 1.60. The van der Waals surface area contributed by atoms with Crippen molar-refractivity contribution in [3.05, 3.63) is 44.0 Å². The summed E-state index contributed by atoms with van der Waals surface area (Å²) in [6.45, 7) is 4.00. The van der Waals surface area contributed by atoms with Crippen molar-refractivity contribution >= 4 is 61.6 Å². The van der Waals surface area contributed by atoms with Gasteiger partial charge in [0.2, 0.25) is 5.91 Å². The highest BCUT2D eigenvalue weighted by molar-refractivity contribution is 9.11. The number of rotatable bonds is 3. The van der Waals surface area contributed by atoms with Gasteiger partial charge in [0.15, 0.2) is 11.2 Å². The molecule has 2 N–H and O–H groups in total. The van der Waals surface area contributed by atoms with Crippen LogP contribution in [0.25, 0.3) is 0 Å². The van der Waals surface area contributed by atoms with Gasteiger partial charge in [-0.25, -0.2) is 22.6 Å². The lowest BCUT2D eigenvalue weighted by atomic mass is 10.1. The van der Waals surface area contributed by atoms with E-state index in [0.717, 1.165) is 8.79 Å². The Kier molecular flexibility index (Phi) is 8.32. The molecule has 0 spiro atoms. The lowest BCUT2D eigenvalue weighted by Crippen LogP contribution is -2.53. The highest BCUT2D eigenvalue weighted by Crippen LogP contribution is 2.31. The molecular formula is C16H19BrClFN4O2S2. The van der Waals surface area contributed by atoms with Crippen LogP contribution >= 0.6 is 38.9 Å². The number of hydrogen-bond donors (Lipinski definition) is 2. The lowest BCUT2D eigenvalue weighted by molar-refractivity contribution is -0.120. The van der Waals surface area contributed by atoms with Gasteiger partial charge in [-0.05, 0) is 40.5 Å². The number of hydrogen-bond acceptors (Lipinski definition) is 4. The molecule has 2 aromatic rings. The molecule has 1 aromatic carbocycles. The van der Waals surface area contributed by atoms with Crippen LogP contribution in [0, 0.1) is 5.82 Å². The molecule has 27 heavy (non-hydrogen) atoms. The lowest BCUT2D eigenvalue weighted by Gasteiger charge is -2.34. The number of halogens is 3. The summed E-state index contributed by atoms with van der Waals surface area (Å²) in [6, 6.07) is 2.99. The third-order valence-electron chi connectivity index (χ3n) is 3.69. The Balaban J connectivity index is 0.00000126. The second kappa shape index (κ2) is 10.0. The standard InChI is InChI=1S/C14H13BrClFN4O2S2.C2H6/c1-21-11(13(22)19-7-2-3-9(17)8(16)4-7)5-10(20-25(21)23)14-18-6-12(15)24-14;1-2/h2-4,6,10-11,20H,5H2,1H3,(H,19,22);1-2H3. The fourth-order valence-corrected chi connectivity index (χ4v) is 4.98. The quantitative estimate of drug-likeness (QED) is 0.665. The molecule has 11 heteroatoms. The number of anilines is 1. The van der Waals surface area contributed by atoms with Gasteiger partial charge in [0, 0.05) is 12.7 Å². The topological polar surface area (TPSA) is 74.3 Å². The molecule has 1 fully saturated rings. The van der Waals surface area contributed by atoms with Crippen LogP contribution in [0.5, 0.6) is 0 Å². The van der Waals surface area contributed by atoms with Gasteiger partial charge >= 0.3 is 0 Å². The van der Waals surface area contributed by atoms with Crippen molar-refractivity contribution in [1.29, 1.82) is 0 Å². The molecule has 6 nitrogen and oxygen atoms in total. The zero-order valence-corrected chi connectivity index (χ0v) is 18.8. The Bertz CT molecular complexity index is 839. The molecule has 1 saturated heterocycles. The van der Waals surface area contributed by atoms with Gasteiger partial charge in [-0.2, -0.15) is 0 Å². The van der Waals surface area contributed by atoms with Crippen LogP contribution in [0.1, 0.15) is 31.3 Å². The smallest absolute Gasteiger partial charge is 0.242 e. The fraction of sp³-hybridized carbons (Fsp3) is 0.375. The van der Waals surface area contributed by atoms with Crippen molar-refractivity contribution in [2.45, 2.75) is 32.4 Å². The first-order chi connectivity index (χ1) is 12.8. The molecule has 148 valence electrons. The maximum atomic E-state index is 13.2. The normalized spacial score (nSPS) is 22.7. The molecule has 3 rings (SSSR count). The maximum Gasteiger partial charge on any atom is 0.242 e. The summed E-state index contributed by atoms with van der Waals surface area (Å²) in [5.74, 6) is -0.908. The van der Waals surface area contributed by atoms with Crippen LogP contribution in [0.3, 0.4) is 0 Å². The minimum Gasteiger partial charge on any atom is -0.325 e. The van der Waals surface area contributed by atoms with E-state index < -0.39 is 23.0 Å². The number of thiazole rings is 1. The molecule has 1 aromatic heterocycles. The minimum atomic E-state index is -1.54. The van der Waals surface area contributed by atoms with E-state index in [4.69, 9.17) is 11.6 Å². The molecule has 1 aliphatic heterocycles. The van der Waals surface area contributed by atoms with E-state index in [1.807, 2.05) is 13.8 Å². The van der Waals surface area contributed by atoms with Crippen LogP contribution in [-0.4, -0.2) is 32.5 Å². The van der Waals surface area contributed by atoms with Crippen LogP contribution in [0.15, 0.2) is 28.2 Å².